The van der Waals surface area contributed by atoms with Crippen LogP contribution in [0.15, 0.2) is 18.2 Å². The average Bonchev–Trinajstić information content (AvgIpc) is 2.47. The highest BCUT2D eigenvalue weighted by Crippen LogP contribution is 2.12. The molecule has 2 rings (SSSR count). The number of carbonyl (C=O) groups excluding carboxylic acids is 1. The van der Waals surface area contributed by atoms with Gasteiger partial charge in [0.2, 0.25) is 5.12 Å². The van der Waals surface area contributed by atoms with Crippen molar-refractivity contribution >= 4 is 30.3 Å². The molecule has 1 aromatic rings. The molecule has 0 radical (unpaired) electrons. The highest BCUT2D eigenvalue weighted by Gasteiger charge is 2.27. The lowest BCUT2D eigenvalue weighted by Gasteiger charge is -1.99. The van der Waals surface area contributed by atoms with Crippen molar-refractivity contribution in [2.45, 2.75) is 6.61 Å². The SMILES string of the molecule is O=C(S)c1ccc2c(c1)B(O)OC2. The van der Waals surface area contributed by atoms with Crippen molar-refractivity contribution in [3.05, 3.63) is 29.3 Å². The first kappa shape index (κ1) is 8.81. The Bertz CT molecular complexity index is 366. The normalized spacial score (nSPS) is 14.5. The fraction of sp³-hybridized carbons (Fsp3) is 0.125. The Hall–Kier alpha value is -0.775. The van der Waals surface area contributed by atoms with Crippen molar-refractivity contribution < 1.29 is 14.5 Å². The number of carbonyl (C=O) groups is 1. The number of benzene rings is 1. The monoisotopic (exact) mass is 194 g/mol. The molecule has 0 bridgehead atoms. The molecule has 0 aliphatic carbocycles. The van der Waals surface area contributed by atoms with Crippen LogP contribution in [0, 0.1) is 0 Å². The molecule has 1 aliphatic rings. The van der Waals surface area contributed by atoms with Gasteiger partial charge >= 0.3 is 7.12 Å². The van der Waals surface area contributed by atoms with E-state index in [9.17, 15) is 9.82 Å². The third-order valence-electron chi connectivity index (χ3n) is 2.06. The summed E-state index contributed by atoms with van der Waals surface area (Å²) in [4.78, 5) is 10.9. The summed E-state index contributed by atoms with van der Waals surface area (Å²) in [5.41, 5.74) is 2.07. The minimum Gasteiger partial charge on any atom is -0.423 e. The van der Waals surface area contributed by atoms with Gasteiger partial charge in [0.15, 0.2) is 0 Å². The molecule has 1 heterocycles. The van der Waals surface area contributed by atoms with Gasteiger partial charge in [0, 0.05) is 5.56 Å². The highest BCUT2D eigenvalue weighted by atomic mass is 32.1. The van der Waals surface area contributed by atoms with E-state index in [1.807, 2.05) is 0 Å². The van der Waals surface area contributed by atoms with Crippen LogP contribution in [0.5, 0.6) is 0 Å². The molecule has 0 saturated heterocycles. The molecule has 0 fully saturated rings. The zero-order chi connectivity index (χ0) is 9.42. The first-order valence-corrected chi connectivity index (χ1v) is 4.29. The quantitative estimate of drug-likeness (QED) is 0.487. The minimum atomic E-state index is -0.900. The van der Waals surface area contributed by atoms with Gasteiger partial charge in [-0.25, -0.2) is 0 Å². The number of hydrogen-bond donors (Lipinski definition) is 2. The number of fused-ring (bicyclic) bond motifs is 1. The molecule has 1 N–H and O–H groups in total. The molecule has 3 nitrogen and oxygen atoms in total. The molecule has 0 saturated carbocycles. The van der Waals surface area contributed by atoms with Crippen LogP contribution in [0.1, 0.15) is 15.9 Å². The summed E-state index contributed by atoms with van der Waals surface area (Å²) < 4.78 is 4.98. The molecule has 0 unspecified atom stereocenters. The van der Waals surface area contributed by atoms with Gasteiger partial charge in [-0.15, -0.1) is 12.6 Å². The number of hydrogen-bond acceptors (Lipinski definition) is 3. The molecular weight excluding hydrogens is 187 g/mol. The topological polar surface area (TPSA) is 46.5 Å². The Morgan fingerprint density at radius 2 is 2.38 bits per heavy atom. The van der Waals surface area contributed by atoms with E-state index in [0.29, 0.717) is 17.6 Å². The number of thiol groups is 1. The standard InChI is InChI=1S/C8H7BO3S/c10-8(13)5-1-2-6-4-12-9(11)7(6)3-5/h1-3,11H,4H2,(H,10,13). The average molecular weight is 194 g/mol. The Kier molecular flexibility index (Phi) is 2.15. The summed E-state index contributed by atoms with van der Waals surface area (Å²) >= 11 is 3.70. The molecule has 66 valence electrons. The maximum Gasteiger partial charge on any atom is 0.491 e. The second kappa shape index (κ2) is 3.18. The molecule has 13 heavy (non-hydrogen) atoms. The van der Waals surface area contributed by atoms with E-state index < -0.39 is 7.12 Å². The van der Waals surface area contributed by atoms with Crippen molar-refractivity contribution in [1.29, 1.82) is 0 Å². The maximum atomic E-state index is 10.9. The van der Waals surface area contributed by atoms with Gasteiger partial charge in [0.05, 0.1) is 6.61 Å². The van der Waals surface area contributed by atoms with Crippen LogP contribution < -0.4 is 5.46 Å². The van der Waals surface area contributed by atoms with Gasteiger partial charge in [-0.05, 0) is 11.0 Å². The van der Waals surface area contributed by atoms with E-state index in [2.05, 4.69) is 12.6 Å². The Morgan fingerprint density at radius 3 is 3.08 bits per heavy atom. The van der Waals surface area contributed by atoms with Crippen molar-refractivity contribution in [3.8, 4) is 0 Å². The van der Waals surface area contributed by atoms with E-state index in [1.54, 1.807) is 18.2 Å². The largest absolute Gasteiger partial charge is 0.491 e. The van der Waals surface area contributed by atoms with Gasteiger partial charge in [-0.2, -0.15) is 0 Å². The van der Waals surface area contributed by atoms with Crippen molar-refractivity contribution in [3.63, 3.8) is 0 Å². The summed E-state index contributed by atoms with van der Waals surface area (Å²) in [5.74, 6) is 0. The second-order valence-electron chi connectivity index (χ2n) is 2.88. The lowest BCUT2D eigenvalue weighted by atomic mass is 9.79. The van der Waals surface area contributed by atoms with Gasteiger partial charge < -0.3 is 9.68 Å². The van der Waals surface area contributed by atoms with Crippen LogP contribution in [0.3, 0.4) is 0 Å². The molecular formula is C8H7BO3S. The highest BCUT2D eigenvalue weighted by molar-refractivity contribution is 7.97. The van der Waals surface area contributed by atoms with Crippen molar-refractivity contribution in [1.82, 2.24) is 0 Å². The van der Waals surface area contributed by atoms with Crippen LogP contribution in [0.2, 0.25) is 0 Å². The first-order valence-electron chi connectivity index (χ1n) is 3.84. The molecule has 0 aromatic heterocycles. The second-order valence-corrected chi connectivity index (χ2v) is 3.29. The predicted octanol–water partition coefficient (Wildman–Crippen LogP) is -0.0257. The van der Waals surface area contributed by atoms with Crippen LogP contribution >= 0.6 is 12.6 Å². The lowest BCUT2D eigenvalue weighted by molar-refractivity contribution is 0.109. The van der Waals surface area contributed by atoms with E-state index in [0.717, 1.165) is 5.56 Å². The summed E-state index contributed by atoms with van der Waals surface area (Å²) in [5, 5.41) is 9.03. The summed E-state index contributed by atoms with van der Waals surface area (Å²) in [6.07, 6.45) is 0. The van der Waals surface area contributed by atoms with Gasteiger partial charge in [0.25, 0.3) is 0 Å². The summed E-state index contributed by atoms with van der Waals surface area (Å²) in [6.45, 7) is 0.400. The van der Waals surface area contributed by atoms with Crippen molar-refractivity contribution in [2.24, 2.45) is 0 Å². The molecule has 0 spiro atoms. The maximum absolute atomic E-state index is 10.9. The summed E-state index contributed by atoms with van der Waals surface area (Å²) in [6, 6.07) is 5.06. The third kappa shape index (κ3) is 1.50. The van der Waals surface area contributed by atoms with Crippen LogP contribution in [0.25, 0.3) is 0 Å². The summed E-state index contributed by atoms with van der Waals surface area (Å²) in [7, 11) is -0.900. The fourth-order valence-corrected chi connectivity index (χ4v) is 1.49. The lowest BCUT2D eigenvalue weighted by Crippen LogP contribution is -2.28. The van der Waals surface area contributed by atoms with Crippen LogP contribution in [-0.2, 0) is 11.3 Å². The van der Waals surface area contributed by atoms with Crippen LogP contribution in [-0.4, -0.2) is 17.3 Å². The molecule has 0 atom stereocenters. The third-order valence-corrected chi connectivity index (χ3v) is 2.31. The number of rotatable bonds is 1. The van der Waals surface area contributed by atoms with E-state index in [-0.39, 0.29) is 5.12 Å². The van der Waals surface area contributed by atoms with Crippen molar-refractivity contribution in [2.75, 3.05) is 0 Å². The fourth-order valence-electron chi connectivity index (χ4n) is 1.35. The Labute approximate surface area is 81.3 Å². The zero-order valence-corrected chi connectivity index (χ0v) is 7.62. The first-order chi connectivity index (χ1) is 6.18. The molecule has 1 aromatic carbocycles. The van der Waals surface area contributed by atoms with E-state index in [4.69, 9.17) is 4.65 Å². The van der Waals surface area contributed by atoms with Gasteiger partial charge in [-0.1, -0.05) is 18.2 Å². The molecule has 1 aliphatic heterocycles. The smallest absolute Gasteiger partial charge is 0.423 e. The minimum absolute atomic E-state index is 0.304. The van der Waals surface area contributed by atoms with Crippen LogP contribution in [0.4, 0.5) is 0 Å². The Morgan fingerprint density at radius 1 is 1.62 bits per heavy atom. The van der Waals surface area contributed by atoms with E-state index >= 15 is 0 Å². The van der Waals surface area contributed by atoms with Gasteiger partial charge in [0.1, 0.15) is 0 Å². The Balaban J connectivity index is 2.47. The predicted molar refractivity (Wildman–Crippen MR) is 52.2 cm³/mol. The zero-order valence-electron chi connectivity index (χ0n) is 6.73. The van der Waals surface area contributed by atoms with Gasteiger partial charge in [-0.3, -0.25) is 4.79 Å². The molecule has 5 heteroatoms. The van der Waals surface area contributed by atoms with E-state index in [1.165, 1.54) is 0 Å². The molecule has 0 amide bonds.